The van der Waals surface area contributed by atoms with Crippen LogP contribution in [0.1, 0.15) is 82.4 Å². The van der Waals surface area contributed by atoms with Crippen molar-refractivity contribution in [1.82, 2.24) is 15.0 Å². The molecule has 0 spiro atoms. The van der Waals surface area contributed by atoms with E-state index in [0.29, 0.717) is 5.92 Å². The fourth-order valence-corrected chi connectivity index (χ4v) is 3.16. The number of nitrogens with zero attached hydrogens (tertiary/aromatic N) is 3. The minimum absolute atomic E-state index is 0.108. The van der Waals surface area contributed by atoms with Crippen LogP contribution in [0.3, 0.4) is 0 Å². The van der Waals surface area contributed by atoms with Crippen molar-refractivity contribution < 1.29 is 4.84 Å². The highest BCUT2D eigenvalue weighted by atomic mass is 35.5. The molecule has 0 unspecified atom stereocenters. The molecule has 21 heavy (non-hydrogen) atoms. The first-order valence-electron chi connectivity index (χ1n) is 8.08. The molecule has 0 aromatic carbocycles. The molecular weight excluding hydrogens is 288 g/mol. The fourth-order valence-electron chi connectivity index (χ4n) is 3.00. The first-order valence-corrected chi connectivity index (χ1v) is 8.45. The van der Waals surface area contributed by atoms with Gasteiger partial charge in [0.2, 0.25) is 5.28 Å². The first-order chi connectivity index (χ1) is 10.3. The zero-order chi connectivity index (χ0) is 14.9. The number of aromatic nitrogens is 3. The van der Waals surface area contributed by atoms with Gasteiger partial charge in [-0.2, -0.15) is 15.9 Å². The Morgan fingerprint density at radius 2 is 1.33 bits per heavy atom. The summed E-state index contributed by atoms with van der Waals surface area (Å²) in [6, 6.07) is 0.108. The Morgan fingerprint density at radius 3 is 1.86 bits per heavy atom. The number of nitrogens with two attached hydrogens (primary N) is 1. The lowest BCUT2D eigenvalue weighted by molar-refractivity contribution is 0.301. The second kappa shape index (κ2) is 9.15. The average Bonchev–Trinajstić information content (AvgIpc) is 2.47. The topological polar surface area (TPSA) is 73.9 Å². The van der Waals surface area contributed by atoms with Gasteiger partial charge in [-0.3, -0.25) is 0 Å². The second-order valence-electron chi connectivity index (χ2n) is 5.82. The molecule has 2 rings (SSSR count). The summed E-state index contributed by atoms with van der Waals surface area (Å²) in [5.74, 6) is 6.21. The molecular formula is C15H25ClN4O. The van der Waals surface area contributed by atoms with Crippen molar-refractivity contribution in [3.05, 3.63) is 11.1 Å². The molecule has 0 atom stereocenters. The fraction of sp³-hybridized carbons (Fsp3) is 0.800. The molecule has 1 saturated carbocycles. The van der Waals surface area contributed by atoms with Gasteiger partial charge in [0.05, 0.1) is 0 Å². The van der Waals surface area contributed by atoms with Crippen molar-refractivity contribution in [3.63, 3.8) is 0 Å². The van der Waals surface area contributed by atoms with E-state index >= 15 is 0 Å². The molecule has 1 aromatic rings. The van der Waals surface area contributed by atoms with Crippen molar-refractivity contribution in [2.45, 2.75) is 76.5 Å². The van der Waals surface area contributed by atoms with Crippen molar-refractivity contribution in [2.75, 3.05) is 0 Å². The average molecular weight is 313 g/mol. The molecule has 0 saturated heterocycles. The Balaban J connectivity index is 2.03. The lowest BCUT2D eigenvalue weighted by atomic mass is 9.92. The zero-order valence-electron chi connectivity index (χ0n) is 12.6. The molecule has 1 aliphatic rings. The molecule has 1 aliphatic carbocycles. The maximum absolute atomic E-state index is 5.93. The van der Waals surface area contributed by atoms with E-state index in [1.807, 2.05) is 0 Å². The monoisotopic (exact) mass is 312 g/mol. The largest absolute Gasteiger partial charge is 0.371 e. The highest BCUT2D eigenvalue weighted by Crippen LogP contribution is 2.28. The van der Waals surface area contributed by atoms with E-state index in [1.165, 1.54) is 57.8 Å². The molecule has 1 fully saturated rings. The smallest absolute Gasteiger partial charge is 0.340 e. The molecule has 0 bridgehead atoms. The summed E-state index contributed by atoms with van der Waals surface area (Å²) in [7, 11) is 0. The Bertz CT molecular complexity index is 418. The second-order valence-corrected chi connectivity index (χ2v) is 6.16. The molecule has 2 N–H and O–H groups in total. The number of rotatable bonds is 2. The van der Waals surface area contributed by atoms with E-state index < -0.39 is 0 Å². The Hall–Kier alpha value is -0.940. The van der Waals surface area contributed by atoms with Crippen LogP contribution >= 0.6 is 11.6 Å². The predicted octanol–water partition coefficient (Wildman–Crippen LogP) is 4.17. The van der Waals surface area contributed by atoms with Gasteiger partial charge in [0, 0.05) is 5.92 Å². The van der Waals surface area contributed by atoms with E-state index in [1.54, 1.807) is 0 Å². The maximum Gasteiger partial charge on any atom is 0.340 e. The van der Waals surface area contributed by atoms with Crippen molar-refractivity contribution in [2.24, 2.45) is 5.90 Å². The molecule has 1 heterocycles. The quantitative estimate of drug-likeness (QED) is 0.830. The van der Waals surface area contributed by atoms with Gasteiger partial charge >= 0.3 is 6.01 Å². The summed E-state index contributed by atoms with van der Waals surface area (Å²) in [5.41, 5.74) is 0. The van der Waals surface area contributed by atoms with Crippen molar-refractivity contribution >= 4 is 11.6 Å². The summed E-state index contributed by atoms with van der Waals surface area (Å²) < 4.78 is 0. The van der Waals surface area contributed by atoms with E-state index in [0.717, 1.165) is 18.7 Å². The van der Waals surface area contributed by atoms with Gasteiger partial charge in [0.1, 0.15) is 5.82 Å². The van der Waals surface area contributed by atoms with Crippen molar-refractivity contribution in [3.8, 4) is 6.01 Å². The van der Waals surface area contributed by atoms with E-state index in [4.69, 9.17) is 17.5 Å². The summed E-state index contributed by atoms with van der Waals surface area (Å²) in [6.07, 6.45) is 14.0. The van der Waals surface area contributed by atoms with Crippen LogP contribution in [0, 0.1) is 0 Å². The van der Waals surface area contributed by atoms with E-state index in [-0.39, 0.29) is 11.3 Å². The van der Waals surface area contributed by atoms with Crippen LogP contribution in [0.2, 0.25) is 5.28 Å². The highest BCUT2D eigenvalue weighted by molar-refractivity contribution is 6.28. The Labute approximate surface area is 131 Å². The predicted molar refractivity (Wildman–Crippen MR) is 83.2 cm³/mol. The number of hydrogen-bond donors (Lipinski definition) is 1. The normalized spacial score (nSPS) is 19.5. The summed E-state index contributed by atoms with van der Waals surface area (Å²) in [4.78, 5) is 17.0. The Kier molecular flexibility index (Phi) is 7.16. The molecule has 5 nitrogen and oxygen atoms in total. The first kappa shape index (κ1) is 16.4. The molecule has 1 aromatic heterocycles. The third-order valence-electron chi connectivity index (χ3n) is 4.18. The summed E-state index contributed by atoms with van der Waals surface area (Å²) in [6.45, 7) is 0. The third-order valence-corrected chi connectivity index (χ3v) is 4.35. The van der Waals surface area contributed by atoms with Crippen LogP contribution < -0.4 is 10.7 Å². The molecule has 0 radical (unpaired) electrons. The standard InChI is InChI=1S/C15H25ClN4O/c16-14-18-13(19-15(20-14)21-17)12-10-8-6-4-2-1-3-5-7-9-11-12/h12H,1-11,17H2. The molecule has 0 amide bonds. The van der Waals surface area contributed by atoms with Gasteiger partial charge in [0.25, 0.3) is 0 Å². The lowest BCUT2D eigenvalue weighted by Gasteiger charge is -2.16. The van der Waals surface area contributed by atoms with Gasteiger partial charge < -0.3 is 4.84 Å². The minimum atomic E-state index is 0.108. The van der Waals surface area contributed by atoms with Crippen LogP contribution in [0.15, 0.2) is 0 Å². The van der Waals surface area contributed by atoms with Crippen molar-refractivity contribution in [1.29, 1.82) is 0 Å². The summed E-state index contributed by atoms with van der Waals surface area (Å²) in [5, 5.41) is 0.159. The van der Waals surface area contributed by atoms with Crippen LogP contribution in [-0.2, 0) is 0 Å². The Morgan fingerprint density at radius 1 is 0.810 bits per heavy atom. The van der Waals surface area contributed by atoms with E-state index in [2.05, 4.69) is 19.8 Å². The number of halogens is 1. The van der Waals surface area contributed by atoms with Crippen LogP contribution in [-0.4, -0.2) is 15.0 Å². The maximum atomic E-state index is 5.93. The third kappa shape index (κ3) is 5.75. The molecule has 118 valence electrons. The number of hydrogen-bond acceptors (Lipinski definition) is 5. The van der Waals surface area contributed by atoms with Gasteiger partial charge in [-0.15, -0.1) is 0 Å². The zero-order valence-corrected chi connectivity index (χ0v) is 13.3. The van der Waals surface area contributed by atoms with E-state index in [9.17, 15) is 0 Å². The summed E-state index contributed by atoms with van der Waals surface area (Å²) >= 11 is 5.93. The molecule has 6 heteroatoms. The minimum Gasteiger partial charge on any atom is -0.371 e. The van der Waals surface area contributed by atoms with Gasteiger partial charge in [-0.1, -0.05) is 57.8 Å². The SMILES string of the molecule is NOc1nc(Cl)nc(C2CCCCCCCCCCC2)n1. The van der Waals surface area contributed by atoms with Crippen LogP contribution in [0.25, 0.3) is 0 Å². The van der Waals surface area contributed by atoms with Crippen LogP contribution in [0.4, 0.5) is 0 Å². The van der Waals surface area contributed by atoms with Gasteiger partial charge in [-0.05, 0) is 24.4 Å². The molecule has 0 aliphatic heterocycles. The van der Waals surface area contributed by atoms with Gasteiger partial charge in [-0.25, -0.2) is 4.98 Å². The van der Waals surface area contributed by atoms with Gasteiger partial charge in [0.15, 0.2) is 0 Å². The highest BCUT2D eigenvalue weighted by Gasteiger charge is 2.17. The van der Waals surface area contributed by atoms with Crippen LogP contribution in [0.5, 0.6) is 6.01 Å². The lowest BCUT2D eigenvalue weighted by Crippen LogP contribution is -2.12.